The van der Waals surface area contributed by atoms with Crippen LogP contribution in [0.15, 0.2) is 53.1 Å². The summed E-state index contributed by atoms with van der Waals surface area (Å²) in [7, 11) is 0. The number of hydrogen-bond donors (Lipinski definition) is 1. The van der Waals surface area contributed by atoms with Crippen LogP contribution in [0.25, 0.3) is 11.4 Å². The van der Waals surface area contributed by atoms with Crippen molar-refractivity contribution in [3.8, 4) is 17.1 Å². The van der Waals surface area contributed by atoms with Gasteiger partial charge in [0, 0.05) is 5.56 Å². The molecule has 3 aromatic rings. The van der Waals surface area contributed by atoms with E-state index in [1.807, 2.05) is 31.2 Å². The Morgan fingerprint density at radius 1 is 1.22 bits per heavy atom. The number of carbonyl (C=O) groups excluding carboxylic acids is 1. The van der Waals surface area contributed by atoms with E-state index in [1.165, 1.54) is 12.1 Å². The van der Waals surface area contributed by atoms with Crippen molar-refractivity contribution < 1.29 is 18.4 Å². The summed E-state index contributed by atoms with van der Waals surface area (Å²) in [5.41, 5.74) is 1.96. The molecule has 0 spiro atoms. The molecule has 2 aromatic carbocycles. The van der Waals surface area contributed by atoms with E-state index in [-0.39, 0.29) is 24.1 Å². The monoisotopic (exact) mass is 369 g/mol. The molecule has 1 atom stereocenters. The minimum atomic E-state index is -0.818. The number of nitrogens with zero attached hydrogens (tertiary/aromatic N) is 2. The molecule has 1 unspecified atom stereocenters. The minimum Gasteiger partial charge on any atom is -0.478 e. The lowest BCUT2D eigenvalue weighted by atomic mass is 10.1. The van der Waals surface area contributed by atoms with Gasteiger partial charge in [-0.3, -0.25) is 4.79 Å². The molecule has 0 saturated heterocycles. The molecule has 0 bridgehead atoms. The van der Waals surface area contributed by atoms with Crippen LogP contribution < -0.4 is 10.1 Å². The predicted molar refractivity (Wildman–Crippen MR) is 97.4 cm³/mol. The van der Waals surface area contributed by atoms with E-state index in [0.717, 1.165) is 11.1 Å². The van der Waals surface area contributed by atoms with Crippen LogP contribution in [0.1, 0.15) is 24.8 Å². The van der Waals surface area contributed by atoms with Gasteiger partial charge in [0.05, 0.1) is 6.54 Å². The molecule has 6 nitrogen and oxygen atoms in total. The van der Waals surface area contributed by atoms with Gasteiger partial charge in [-0.1, -0.05) is 54.0 Å². The molecule has 3 rings (SSSR count). The van der Waals surface area contributed by atoms with Crippen molar-refractivity contribution in [1.29, 1.82) is 0 Å². The lowest BCUT2D eigenvalue weighted by Gasteiger charge is -2.17. The van der Waals surface area contributed by atoms with E-state index in [1.54, 1.807) is 19.1 Å². The lowest BCUT2D eigenvalue weighted by molar-refractivity contribution is -0.128. The van der Waals surface area contributed by atoms with E-state index in [2.05, 4.69) is 15.5 Å². The van der Waals surface area contributed by atoms with E-state index in [0.29, 0.717) is 12.2 Å². The van der Waals surface area contributed by atoms with Gasteiger partial charge in [-0.2, -0.15) is 4.98 Å². The smallest absolute Gasteiger partial charge is 0.261 e. The predicted octanol–water partition coefficient (Wildman–Crippen LogP) is 3.66. The first-order valence-electron chi connectivity index (χ1n) is 8.65. The lowest BCUT2D eigenvalue weighted by Crippen LogP contribution is -2.37. The number of ether oxygens (including phenoxy) is 1. The van der Waals surface area contributed by atoms with Crippen LogP contribution >= 0.6 is 0 Å². The maximum Gasteiger partial charge on any atom is 0.261 e. The van der Waals surface area contributed by atoms with E-state index in [4.69, 9.17) is 9.26 Å². The summed E-state index contributed by atoms with van der Waals surface area (Å²) in [5.74, 6) is -0.119. The first-order chi connectivity index (χ1) is 13.1. The van der Waals surface area contributed by atoms with Crippen LogP contribution in [0, 0.1) is 12.7 Å². The number of hydrogen-bond acceptors (Lipinski definition) is 5. The van der Waals surface area contributed by atoms with E-state index >= 15 is 0 Å². The topological polar surface area (TPSA) is 77.2 Å². The number of aromatic nitrogens is 2. The molecule has 7 heteroatoms. The van der Waals surface area contributed by atoms with E-state index < -0.39 is 11.9 Å². The molecule has 0 saturated carbocycles. The maximum atomic E-state index is 13.7. The van der Waals surface area contributed by atoms with Gasteiger partial charge in [-0.15, -0.1) is 0 Å². The molecule has 1 N–H and O–H groups in total. The second-order valence-electron chi connectivity index (χ2n) is 6.04. The van der Waals surface area contributed by atoms with Crippen molar-refractivity contribution in [2.24, 2.45) is 0 Å². The number of carbonyl (C=O) groups is 1. The normalized spacial score (nSPS) is 11.8. The van der Waals surface area contributed by atoms with Gasteiger partial charge < -0.3 is 14.6 Å². The van der Waals surface area contributed by atoms with Crippen LogP contribution in [0.4, 0.5) is 4.39 Å². The van der Waals surface area contributed by atoms with Gasteiger partial charge in [-0.05, 0) is 25.5 Å². The van der Waals surface area contributed by atoms with Gasteiger partial charge in [-0.25, -0.2) is 4.39 Å². The quantitative estimate of drug-likeness (QED) is 0.688. The molecule has 0 aliphatic heterocycles. The van der Waals surface area contributed by atoms with Crippen LogP contribution in [-0.4, -0.2) is 22.2 Å². The van der Waals surface area contributed by atoms with Gasteiger partial charge >= 0.3 is 0 Å². The fraction of sp³-hybridized carbons (Fsp3) is 0.250. The molecular formula is C20H20FN3O3. The standard InChI is InChI=1S/C20H20FN3O3/c1-3-16(26-17-7-5-4-6-15(17)21)20(25)22-12-18-23-19(24-27-18)14-10-8-13(2)9-11-14/h4-11,16H,3,12H2,1-2H3,(H,22,25). The fourth-order valence-electron chi connectivity index (χ4n) is 2.44. The van der Waals surface area contributed by atoms with Gasteiger partial charge in [0.15, 0.2) is 17.7 Å². The summed E-state index contributed by atoms with van der Waals surface area (Å²) in [4.78, 5) is 16.6. The molecule has 1 heterocycles. The van der Waals surface area contributed by atoms with Crippen LogP contribution in [-0.2, 0) is 11.3 Å². The summed E-state index contributed by atoms with van der Waals surface area (Å²) >= 11 is 0. The van der Waals surface area contributed by atoms with Gasteiger partial charge in [0.1, 0.15) is 0 Å². The summed E-state index contributed by atoms with van der Waals surface area (Å²) < 4.78 is 24.3. The van der Waals surface area contributed by atoms with Crippen molar-refractivity contribution in [1.82, 2.24) is 15.5 Å². The Morgan fingerprint density at radius 2 is 1.96 bits per heavy atom. The summed E-state index contributed by atoms with van der Waals surface area (Å²) in [6.07, 6.45) is -0.431. The maximum absolute atomic E-state index is 13.7. The number of halogens is 1. The number of benzene rings is 2. The van der Waals surface area contributed by atoms with Crippen LogP contribution in [0.2, 0.25) is 0 Å². The van der Waals surface area contributed by atoms with Crippen molar-refractivity contribution in [2.45, 2.75) is 32.9 Å². The third-order valence-electron chi connectivity index (χ3n) is 3.96. The first kappa shape index (κ1) is 18.6. The Bertz CT molecular complexity index is 909. The molecule has 0 radical (unpaired) electrons. The molecule has 0 fully saturated rings. The fourth-order valence-corrected chi connectivity index (χ4v) is 2.44. The zero-order valence-electron chi connectivity index (χ0n) is 15.1. The molecule has 0 aliphatic carbocycles. The zero-order valence-corrected chi connectivity index (χ0v) is 15.1. The molecule has 0 aliphatic rings. The first-order valence-corrected chi connectivity index (χ1v) is 8.65. The Labute approximate surface area is 156 Å². The molecule has 27 heavy (non-hydrogen) atoms. The summed E-state index contributed by atoms with van der Waals surface area (Å²) in [6.45, 7) is 3.84. The highest BCUT2D eigenvalue weighted by Gasteiger charge is 2.20. The largest absolute Gasteiger partial charge is 0.478 e. The van der Waals surface area contributed by atoms with E-state index in [9.17, 15) is 9.18 Å². The second kappa shape index (κ2) is 8.44. The SMILES string of the molecule is CCC(Oc1ccccc1F)C(=O)NCc1nc(-c2ccc(C)cc2)no1. The average Bonchev–Trinajstić information content (AvgIpc) is 3.15. The number of para-hydroxylation sites is 1. The minimum absolute atomic E-state index is 0.0407. The van der Waals surface area contributed by atoms with Crippen molar-refractivity contribution in [3.63, 3.8) is 0 Å². The van der Waals surface area contributed by atoms with Crippen molar-refractivity contribution in [3.05, 3.63) is 65.8 Å². The Kier molecular flexibility index (Phi) is 5.80. The number of amides is 1. The Morgan fingerprint density at radius 3 is 2.67 bits per heavy atom. The summed E-state index contributed by atoms with van der Waals surface area (Å²) in [5, 5.41) is 6.60. The molecule has 1 aromatic heterocycles. The Hall–Kier alpha value is -3.22. The second-order valence-corrected chi connectivity index (χ2v) is 6.04. The Balaban J connectivity index is 1.59. The molecule has 140 valence electrons. The summed E-state index contributed by atoms with van der Waals surface area (Å²) in [6, 6.07) is 13.7. The average molecular weight is 369 g/mol. The highest BCUT2D eigenvalue weighted by atomic mass is 19.1. The zero-order chi connectivity index (χ0) is 19.2. The number of nitrogens with one attached hydrogen (secondary N) is 1. The third-order valence-corrected chi connectivity index (χ3v) is 3.96. The number of rotatable bonds is 7. The third kappa shape index (κ3) is 4.69. The van der Waals surface area contributed by atoms with Crippen molar-refractivity contribution in [2.75, 3.05) is 0 Å². The number of aryl methyl sites for hydroxylation is 1. The molecule has 1 amide bonds. The highest BCUT2D eigenvalue weighted by Crippen LogP contribution is 2.19. The van der Waals surface area contributed by atoms with Gasteiger partial charge in [0.2, 0.25) is 11.7 Å². The molecular weight excluding hydrogens is 349 g/mol. The van der Waals surface area contributed by atoms with Crippen molar-refractivity contribution >= 4 is 5.91 Å². The highest BCUT2D eigenvalue weighted by molar-refractivity contribution is 5.81. The van der Waals surface area contributed by atoms with Gasteiger partial charge in [0.25, 0.3) is 5.91 Å². The van der Waals surface area contributed by atoms with Crippen LogP contribution in [0.3, 0.4) is 0 Å². The van der Waals surface area contributed by atoms with Crippen LogP contribution in [0.5, 0.6) is 5.75 Å².